The normalized spacial score (nSPS) is 11.3. The summed E-state index contributed by atoms with van der Waals surface area (Å²) >= 11 is 0. The number of halogens is 1. The minimum atomic E-state index is -0.438. The van der Waals surface area contributed by atoms with E-state index in [-0.39, 0.29) is 29.3 Å². The second kappa shape index (κ2) is 6.77. The lowest BCUT2D eigenvalue weighted by molar-refractivity contribution is -0.386. The summed E-state index contributed by atoms with van der Waals surface area (Å²) < 4.78 is 18.4. The molecule has 0 aromatic heterocycles. The molecule has 2 aromatic carbocycles. The van der Waals surface area contributed by atoms with Crippen LogP contribution in [0.4, 0.5) is 10.1 Å². The smallest absolute Gasteiger partial charge is 0.311 e. The van der Waals surface area contributed by atoms with Gasteiger partial charge >= 0.3 is 5.69 Å². The van der Waals surface area contributed by atoms with E-state index in [1.165, 1.54) is 12.1 Å². The number of hydrogen-bond acceptors (Lipinski definition) is 3. The van der Waals surface area contributed by atoms with Crippen molar-refractivity contribution in [3.8, 4) is 5.75 Å². The van der Waals surface area contributed by atoms with Crippen molar-refractivity contribution in [2.24, 2.45) is 5.41 Å². The lowest BCUT2D eigenvalue weighted by Gasteiger charge is -2.18. The van der Waals surface area contributed by atoms with Gasteiger partial charge in [0.25, 0.3) is 0 Å². The van der Waals surface area contributed by atoms with Gasteiger partial charge in [-0.25, -0.2) is 4.39 Å². The van der Waals surface area contributed by atoms with Crippen LogP contribution in [-0.4, -0.2) is 4.92 Å². The lowest BCUT2D eigenvalue weighted by atomic mass is 9.88. The van der Waals surface area contributed by atoms with Crippen molar-refractivity contribution < 1.29 is 14.1 Å². The fourth-order valence-corrected chi connectivity index (χ4v) is 2.29. The third kappa shape index (κ3) is 5.06. The van der Waals surface area contributed by atoms with Gasteiger partial charge in [-0.2, -0.15) is 0 Å². The molecule has 0 amide bonds. The van der Waals surface area contributed by atoms with Gasteiger partial charge in [0.05, 0.1) is 4.92 Å². The molecule has 0 saturated carbocycles. The molecular weight excluding hydrogens is 297 g/mol. The molecule has 0 aliphatic heterocycles. The molecule has 2 aromatic rings. The van der Waals surface area contributed by atoms with Gasteiger partial charge in [-0.15, -0.1) is 0 Å². The topological polar surface area (TPSA) is 52.4 Å². The molecule has 0 unspecified atom stereocenters. The number of rotatable bonds is 5. The van der Waals surface area contributed by atoms with Crippen molar-refractivity contribution in [1.29, 1.82) is 0 Å². The third-order valence-corrected chi connectivity index (χ3v) is 3.26. The average Bonchev–Trinajstić information content (AvgIpc) is 2.45. The molecule has 0 saturated heterocycles. The molecule has 4 nitrogen and oxygen atoms in total. The Bertz CT molecular complexity index is 690. The van der Waals surface area contributed by atoms with Gasteiger partial charge in [0, 0.05) is 6.07 Å². The molecule has 0 aliphatic carbocycles. The van der Waals surface area contributed by atoms with Gasteiger partial charge in [-0.05, 0) is 41.2 Å². The van der Waals surface area contributed by atoms with Crippen LogP contribution >= 0.6 is 0 Å². The quantitative estimate of drug-likeness (QED) is 0.582. The largest absolute Gasteiger partial charge is 0.482 e. The Balaban J connectivity index is 2.17. The van der Waals surface area contributed by atoms with Crippen LogP contribution in [0.5, 0.6) is 5.75 Å². The second-order valence-electron chi connectivity index (χ2n) is 6.71. The van der Waals surface area contributed by atoms with Crippen LogP contribution in [0.25, 0.3) is 0 Å². The predicted octanol–water partition coefficient (Wildman–Crippen LogP) is 4.90. The Hall–Kier alpha value is -2.43. The van der Waals surface area contributed by atoms with Crippen molar-refractivity contribution in [3.63, 3.8) is 0 Å². The van der Waals surface area contributed by atoms with Crippen LogP contribution in [0.15, 0.2) is 42.5 Å². The van der Waals surface area contributed by atoms with E-state index in [1.54, 1.807) is 24.3 Å². The van der Waals surface area contributed by atoms with E-state index in [9.17, 15) is 14.5 Å². The molecular formula is C18H20FNO3. The number of nitro benzene ring substituents is 1. The number of nitro groups is 1. The minimum Gasteiger partial charge on any atom is -0.482 e. The third-order valence-electron chi connectivity index (χ3n) is 3.26. The van der Waals surface area contributed by atoms with Gasteiger partial charge in [-0.1, -0.05) is 39.0 Å². The maximum Gasteiger partial charge on any atom is 0.311 e. The molecule has 0 atom stereocenters. The molecule has 2 rings (SSSR count). The maximum atomic E-state index is 12.9. The molecule has 23 heavy (non-hydrogen) atoms. The van der Waals surface area contributed by atoms with Crippen LogP contribution in [0.2, 0.25) is 0 Å². The van der Waals surface area contributed by atoms with Gasteiger partial charge in [0.2, 0.25) is 0 Å². The average molecular weight is 317 g/mol. The molecule has 0 aliphatic rings. The van der Waals surface area contributed by atoms with Crippen LogP contribution in [-0.2, 0) is 13.0 Å². The summed E-state index contributed by atoms with van der Waals surface area (Å²) in [5, 5.41) is 11.3. The zero-order chi connectivity index (χ0) is 17.0. The first-order valence-electron chi connectivity index (χ1n) is 7.39. The van der Waals surface area contributed by atoms with Gasteiger partial charge in [0.15, 0.2) is 5.75 Å². The summed E-state index contributed by atoms with van der Waals surface area (Å²) in [5.41, 5.74) is 1.65. The van der Waals surface area contributed by atoms with Crippen LogP contribution in [0, 0.1) is 21.3 Å². The van der Waals surface area contributed by atoms with Crippen LogP contribution in [0.1, 0.15) is 31.9 Å². The highest BCUT2D eigenvalue weighted by Gasteiger charge is 2.19. The van der Waals surface area contributed by atoms with Crippen molar-refractivity contribution in [2.45, 2.75) is 33.8 Å². The molecule has 0 heterocycles. The van der Waals surface area contributed by atoms with E-state index < -0.39 is 4.92 Å². The minimum absolute atomic E-state index is 0.0460. The van der Waals surface area contributed by atoms with Gasteiger partial charge in [-0.3, -0.25) is 10.1 Å². The molecule has 0 fully saturated rings. The SMILES string of the molecule is CC(C)(C)Cc1ccc(OCc2ccc(F)cc2)c([N+](=O)[O-])c1. The van der Waals surface area contributed by atoms with E-state index in [1.807, 2.05) is 6.07 Å². The zero-order valence-corrected chi connectivity index (χ0v) is 13.5. The number of benzene rings is 2. The van der Waals surface area contributed by atoms with Crippen molar-refractivity contribution in [3.05, 3.63) is 69.5 Å². The Morgan fingerprint density at radius 2 is 1.70 bits per heavy atom. The molecule has 5 heteroatoms. The van der Waals surface area contributed by atoms with Crippen molar-refractivity contribution in [1.82, 2.24) is 0 Å². The standard InChI is InChI=1S/C18H20FNO3/c1-18(2,3)11-14-6-9-17(16(10-14)20(21)22)23-12-13-4-7-15(19)8-5-13/h4-10H,11-12H2,1-3H3. The number of nitrogens with zero attached hydrogens (tertiary/aromatic N) is 1. The summed E-state index contributed by atoms with van der Waals surface area (Å²) in [6.45, 7) is 6.40. The first-order valence-corrected chi connectivity index (χ1v) is 7.39. The lowest BCUT2D eigenvalue weighted by Crippen LogP contribution is -2.09. The zero-order valence-electron chi connectivity index (χ0n) is 13.5. The molecule has 0 radical (unpaired) electrons. The van der Waals surface area contributed by atoms with Crippen molar-refractivity contribution >= 4 is 5.69 Å². The summed E-state index contributed by atoms with van der Waals surface area (Å²) in [6.07, 6.45) is 0.742. The van der Waals surface area contributed by atoms with E-state index in [4.69, 9.17) is 4.74 Å². The molecule has 0 bridgehead atoms. The summed E-state index contributed by atoms with van der Waals surface area (Å²) in [5.74, 6) is -0.108. The van der Waals surface area contributed by atoms with Crippen LogP contribution < -0.4 is 4.74 Å². The summed E-state index contributed by atoms with van der Waals surface area (Å²) in [6, 6.07) is 10.9. The van der Waals surface area contributed by atoms with E-state index >= 15 is 0 Å². The first-order chi connectivity index (χ1) is 10.7. The Kier molecular flexibility index (Phi) is 4.98. The number of ether oxygens (including phenoxy) is 1. The number of hydrogen-bond donors (Lipinski definition) is 0. The summed E-state index contributed by atoms with van der Waals surface area (Å²) in [7, 11) is 0. The molecule has 0 N–H and O–H groups in total. The Morgan fingerprint density at radius 1 is 1.09 bits per heavy atom. The molecule has 0 spiro atoms. The Morgan fingerprint density at radius 3 is 2.26 bits per heavy atom. The van der Waals surface area contributed by atoms with E-state index in [0.717, 1.165) is 17.5 Å². The van der Waals surface area contributed by atoms with Crippen molar-refractivity contribution in [2.75, 3.05) is 0 Å². The second-order valence-corrected chi connectivity index (χ2v) is 6.71. The monoisotopic (exact) mass is 317 g/mol. The first kappa shape index (κ1) is 16.9. The summed E-state index contributed by atoms with van der Waals surface area (Å²) in [4.78, 5) is 10.8. The van der Waals surface area contributed by atoms with Gasteiger partial charge in [0.1, 0.15) is 12.4 Å². The maximum absolute atomic E-state index is 12.9. The highest BCUT2D eigenvalue weighted by molar-refractivity contribution is 5.49. The van der Waals surface area contributed by atoms with E-state index in [0.29, 0.717) is 0 Å². The highest BCUT2D eigenvalue weighted by Crippen LogP contribution is 2.31. The van der Waals surface area contributed by atoms with E-state index in [2.05, 4.69) is 20.8 Å². The molecule has 122 valence electrons. The fourth-order valence-electron chi connectivity index (χ4n) is 2.29. The fraction of sp³-hybridized carbons (Fsp3) is 0.333. The highest BCUT2D eigenvalue weighted by atomic mass is 19.1. The predicted molar refractivity (Wildman–Crippen MR) is 87.0 cm³/mol. The van der Waals surface area contributed by atoms with Gasteiger partial charge < -0.3 is 4.74 Å². The van der Waals surface area contributed by atoms with Crippen LogP contribution in [0.3, 0.4) is 0 Å². The Labute approximate surface area is 135 Å².